The van der Waals surface area contributed by atoms with Crippen LogP contribution in [0.4, 0.5) is 5.69 Å². The number of non-ortho nitro benzene ring substituents is 1. The number of hydrogen-bond acceptors (Lipinski definition) is 4. The van der Waals surface area contributed by atoms with Crippen LogP contribution in [-0.2, 0) is 0 Å². The topological polar surface area (TPSA) is 84.6 Å². The Kier molecular flexibility index (Phi) is 5.37. The number of benzene rings is 3. The van der Waals surface area contributed by atoms with Gasteiger partial charge in [-0.1, -0.05) is 54.6 Å². The number of hydrazone groups is 1. The summed E-state index contributed by atoms with van der Waals surface area (Å²) in [6.07, 6.45) is 0. The molecule has 0 aliphatic heterocycles. The van der Waals surface area contributed by atoms with Gasteiger partial charge in [-0.25, -0.2) is 5.43 Å². The van der Waals surface area contributed by atoms with Crippen LogP contribution in [0.2, 0.25) is 0 Å². The predicted molar refractivity (Wildman–Crippen MR) is 105 cm³/mol. The maximum Gasteiger partial charge on any atom is 0.271 e. The molecule has 0 saturated carbocycles. The summed E-state index contributed by atoms with van der Waals surface area (Å²) in [4.78, 5) is 22.3. The normalized spacial score (nSPS) is 11.1. The molecule has 6 heteroatoms. The highest BCUT2D eigenvalue weighted by Gasteiger charge is 2.09. The Morgan fingerprint density at radius 1 is 0.852 bits per heavy atom. The standard InChI is InChI=1S/C21H17N3O3/c1-15(16-7-9-18(10-8-16)17-5-3-2-4-6-17)22-23-21(25)19-11-13-20(14-12-19)24(26)27/h2-14H,1H3,(H,23,25). The zero-order valence-electron chi connectivity index (χ0n) is 14.6. The fourth-order valence-electron chi connectivity index (χ4n) is 2.53. The van der Waals surface area contributed by atoms with Crippen molar-refractivity contribution < 1.29 is 9.72 Å². The van der Waals surface area contributed by atoms with Gasteiger partial charge < -0.3 is 0 Å². The van der Waals surface area contributed by atoms with Crippen LogP contribution in [-0.4, -0.2) is 16.5 Å². The molecule has 0 aliphatic rings. The molecular formula is C21H17N3O3. The lowest BCUT2D eigenvalue weighted by atomic mass is 10.0. The molecule has 0 unspecified atom stereocenters. The number of rotatable bonds is 5. The van der Waals surface area contributed by atoms with Gasteiger partial charge in [0.05, 0.1) is 10.6 Å². The molecular weight excluding hydrogens is 342 g/mol. The van der Waals surface area contributed by atoms with Gasteiger partial charge in [0.2, 0.25) is 0 Å². The largest absolute Gasteiger partial charge is 0.271 e. The van der Waals surface area contributed by atoms with Gasteiger partial charge in [-0.15, -0.1) is 0 Å². The van der Waals surface area contributed by atoms with E-state index in [4.69, 9.17) is 0 Å². The van der Waals surface area contributed by atoms with Gasteiger partial charge in [-0.3, -0.25) is 14.9 Å². The fraction of sp³-hybridized carbons (Fsp3) is 0.0476. The zero-order valence-corrected chi connectivity index (χ0v) is 14.6. The molecule has 0 spiro atoms. The molecule has 0 bridgehead atoms. The maximum absolute atomic E-state index is 12.1. The van der Waals surface area contributed by atoms with Crippen LogP contribution in [0.1, 0.15) is 22.8 Å². The van der Waals surface area contributed by atoms with Gasteiger partial charge in [0.1, 0.15) is 0 Å². The molecule has 3 aromatic rings. The summed E-state index contributed by atoms with van der Waals surface area (Å²) >= 11 is 0. The molecule has 3 aromatic carbocycles. The Morgan fingerprint density at radius 2 is 1.41 bits per heavy atom. The van der Waals surface area contributed by atoms with Crippen molar-refractivity contribution in [1.82, 2.24) is 5.43 Å². The highest BCUT2D eigenvalue weighted by atomic mass is 16.6. The van der Waals surface area contributed by atoms with E-state index in [1.165, 1.54) is 24.3 Å². The monoisotopic (exact) mass is 359 g/mol. The van der Waals surface area contributed by atoms with Gasteiger partial charge >= 0.3 is 0 Å². The molecule has 27 heavy (non-hydrogen) atoms. The summed E-state index contributed by atoms with van der Waals surface area (Å²) in [5.41, 5.74) is 6.48. The van der Waals surface area contributed by atoms with E-state index >= 15 is 0 Å². The van der Waals surface area contributed by atoms with Crippen LogP contribution in [0.3, 0.4) is 0 Å². The lowest BCUT2D eigenvalue weighted by Crippen LogP contribution is -2.19. The second-order valence-electron chi connectivity index (χ2n) is 5.89. The van der Waals surface area contributed by atoms with Gasteiger partial charge in [0, 0.05) is 17.7 Å². The number of amides is 1. The number of carbonyl (C=O) groups excluding carboxylic acids is 1. The van der Waals surface area contributed by atoms with Crippen molar-refractivity contribution in [2.24, 2.45) is 5.10 Å². The lowest BCUT2D eigenvalue weighted by Gasteiger charge is -2.05. The van der Waals surface area contributed by atoms with Crippen molar-refractivity contribution >= 4 is 17.3 Å². The van der Waals surface area contributed by atoms with Gasteiger partial charge in [0.25, 0.3) is 11.6 Å². The number of hydrogen-bond donors (Lipinski definition) is 1. The first-order chi connectivity index (χ1) is 13.0. The Hall–Kier alpha value is -3.80. The number of nitrogens with one attached hydrogen (secondary N) is 1. The van der Waals surface area contributed by atoms with Crippen molar-refractivity contribution in [2.75, 3.05) is 0 Å². The van der Waals surface area contributed by atoms with E-state index in [0.29, 0.717) is 11.3 Å². The van der Waals surface area contributed by atoms with Crippen LogP contribution < -0.4 is 5.43 Å². The Morgan fingerprint density at radius 3 is 2.00 bits per heavy atom. The third-order valence-electron chi connectivity index (χ3n) is 4.08. The highest BCUT2D eigenvalue weighted by Crippen LogP contribution is 2.19. The summed E-state index contributed by atoms with van der Waals surface area (Å²) < 4.78 is 0. The second-order valence-corrected chi connectivity index (χ2v) is 5.89. The van der Waals surface area contributed by atoms with Crippen molar-refractivity contribution in [2.45, 2.75) is 6.92 Å². The van der Waals surface area contributed by atoms with Crippen molar-refractivity contribution in [3.05, 3.63) is 100 Å². The molecule has 0 atom stereocenters. The minimum Gasteiger partial charge on any atom is -0.267 e. The quantitative estimate of drug-likeness (QED) is 0.416. The highest BCUT2D eigenvalue weighted by molar-refractivity contribution is 6.01. The molecule has 0 aromatic heterocycles. The zero-order chi connectivity index (χ0) is 19.2. The maximum atomic E-state index is 12.1. The summed E-state index contributed by atoms with van der Waals surface area (Å²) in [5, 5.41) is 14.8. The van der Waals surface area contributed by atoms with E-state index in [-0.39, 0.29) is 5.69 Å². The average Bonchev–Trinajstić information content (AvgIpc) is 2.72. The molecule has 1 amide bonds. The van der Waals surface area contributed by atoms with Crippen molar-refractivity contribution in [1.29, 1.82) is 0 Å². The van der Waals surface area contributed by atoms with E-state index in [0.717, 1.165) is 16.7 Å². The number of nitro groups is 1. The molecule has 0 radical (unpaired) electrons. The fourth-order valence-corrected chi connectivity index (χ4v) is 2.53. The molecule has 0 aliphatic carbocycles. The van der Waals surface area contributed by atoms with E-state index < -0.39 is 10.8 Å². The van der Waals surface area contributed by atoms with E-state index in [1.807, 2.05) is 54.6 Å². The molecule has 0 saturated heterocycles. The van der Waals surface area contributed by atoms with Gasteiger partial charge in [0.15, 0.2) is 0 Å². The first kappa shape index (κ1) is 18.0. The second kappa shape index (κ2) is 8.05. The number of nitrogens with zero attached hydrogens (tertiary/aromatic N) is 2. The summed E-state index contributed by atoms with van der Waals surface area (Å²) in [5.74, 6) is -0.426. The Balaban J connectivity index is 1.68. The number of carbonyl (C=O) groups is 1. The SMILES string of the molecule is CC(=NNC(=O)c1ccc([N+](=O)[O-])cc1)c1ccc(-c2ccccc2)cc1. The van der Waals surface area contributed by atoms with Crippen LogP contribution >= 0.6 is 0 Å². The molecule has 1 N–H and O–H groups in total. The number of nitro benzene ring substituents is 1. The summed E-state index contributed by atoms with van der Waals surface area (Å²) in [6, 6.07) is 23.3. The van der Waals surface area contributed by atoms with Crippen LogP contribution in [0.5, 0.6) is 0 Å². The predicted octanol–water partition coefficient (Wildman–Crippen LogP) is 4.42. The van der Waals surface area contributed by atoms with Crippen molar-refractivity contribution in [3.63, 3.8) is 0 Å². The smallest absolute Gasteiger partial charge is 0.267 e. The molecule has 3 rings (SSSR count). The van der Waals surface area contributed by atoms with E-state index in [9.17, 15) is 14.9 Å². The van der Waals surface area contributed by atoms with Crippen LogP contribution in [0, 0.1) is 10.1 Å². The third-order valence-corrected chi connectivity index (χ3v) is 4.08. The minimum absolute atomic E-state index is 0.0651. The molecule has 0 heterocycles. The van der Waals surface area contributed by atoms with E-state index in [2.05, 4.69) is 10.5 Å². The molecule has 6 nitrogen and oxygen atoms in total. The first-order valence-electron chi connectivity index (χ1n) is 8.29. The Bertz CT molecular complexity index is 979. The summed E-state index contributed by atoms with van der Waals surface area (Å²) in [7, 11) is 0. The first-order valence-corrected chi connectivity index (χ1v) is 8.29. The average molecular weight is 359 g/mol. The van der Waals surface area contributed by atoms with E-state index in [1.54, 1.807) is 6.92 Å². The molecule has 0 fully saturated rings. The molecule has 134 valence electrons. The Labute approximate surface area is 156 Å². The van der Waals surface area contributed by atoms with Crippen LogP contribution in [0.15, 0.2) is 84.0 Å². The van der Waals surface area contributed by atoms with Gasteiger partial charge in [-0.2, -0.15) is 5.10 Å². The third kappa shape index (κ3) is 4.43. The summed E-state index contributed by atoms with van der Waals surface area (Å²) in [6.45, 7) is 1.80. The lowest BCUT2D eigenvalue weighted by molar-refractivity contribution is -0.384. The minimum atomic E-state index is -0.511. The van der Waals surface area contributed by atoms with Crippen molar-refractivity contribution in [3.8, 4) is 11.1 Å². The van der Waals surface area contributed by atoms with Crippen LogP contribution in [0.25, 0.3) is 11.1 Å². The van der Waals surface area contributed by atoms with Gasteiger partial charge in [-0.05, 0) is 35.7 Å².